The lowest BCUT2D eigenvalue weighted by atomic mass is 10.1. The number of carbonyl (C=O) groups is 1. The van der Waals surface area contributed by atoms with Gasteiger partial charge in [0.05, 0.1) is 11.9 Å². The molecule has 4 aromatic rings. The van der Waals surface area contributed by atoms with Crippen molar-refractivity contribution >= 4 is 40.6 Å². The molecule has 32 heavy (non-hydrogen) atoms. The molecule has 0 spiro atoms. The second-order valence-corrected chi connectivity index (χ2v) is 7.21. The van der Waals surface area contributed by atoms with E-state index in [1.165, 1.54) is 0 Å². The molecule has 0 bridgehead atoms. The largest absolute Gasteiger partial charge is 0.381 e. The highest BCUT2D eigenvalue weighted by Crippen LogP contribution is 2.34. The number of aromatic nitrogens is 4. The highest BCUT2D eigenvalue weighted by atomic mass is 19.1. The molecule has 162 valence electrons. The first-order chi connectivity index (χ1) is 15.3. The number of carbonyl (C=O) groups excluding carboxylic acids is 1. The second kappa shape index (κ2) is 8.34. The monoisotopic (exact) mass is 432 g/mol. The van der Waals surface area contributed by atoms with Gasteiger partial charge in [0.2, 0.25) is 11.9 Å². The zero-order valence-electron chi connectivity index (χ0n) is 17.5. The maximum atomic E-state index is 13.7. The van der Waals surface area contributed by atoms with Crippen LogP contribution in [-0.4, -0.2) is 25.7 Å². The van der Waals surface area contributed by atoms with Gasteiger partial charge in [-0.3, -0.25) is 14.4 Å². The van der Waals surface area contributed by atoms with Gasteiger partial charge in [0.15, 0.2) is 17.5 Å². The SMILES string of the molecule is Cc1cc(C(N)=O)cc(N(c2ccc(Nc3ccn(C)n3)cc2)c2ncc(F)c(N)n2)c1. The third kappa shape index (κ3) is 4.33. The van der Waals surface area contributed by atoms with Crippen molar-refractivity contribution in [3.63, 3.8) is 0 Å². The summed E-state index contributed by atoms with van der Waals surface area (Å²) in [5, 5.41) is 7.50. The molecule has 0 aliphatic heterocycles. The number of nitrogens with zero attached hydrogens (tertiary/aromatic N) is 5. The van der Waals surface area contributed by atoms with E-state index in [2.05, 4.69) is 20.4 Å². The topological polar surface area (TPSA) is 128 Å². The summed E-state index contributed by atoms with van der Waals surface area (Å²) in [6.07, 6.45) is 2.84. The van der Waals surface area contributed by atoms with Crippen LogP contribution in [0.15, 0.2) is 60.9 Å². The zero-order valence-corrected chi connectivity index (χ0v) is 17.5. The minimum absolute atomic E-state index is 0.148. The molecule has 0 saturated carbocycles. The molecular formula is C22H21FN8O. The quantitative estimate of drug-likeness (QED) is 0.425. The summed E-state index contributed by atoms with van der Waals surface area (Å²) in [7, 11) is 1.84. The molecule has 2 aromatic heterocycles. The molecule has 10 heteroatoms. The summed E-state index contributed by atoms with van der Waals surface area (Å²) in [6.45, 7) is 1.84. The van der Waals surface area contributed by atoms with E-state index in [0.717, 1.165) is 17.4 Å². The third-order valence-corrected chi connectivity index (χ3v) is 4.67. The van der Waals surface area contributed by atoms with E-state index in [4.69, 9.17) is 11.5 Å². The Kier molecular flexibility index (Phi) is 5.42. The van der Waals surface area contributed by atoms with E-state index in [9.17, 15) is 9.18 Å². The van der Waals surface area contributed by atoms with E-state index >= 15 is 0 Å². The van der Waals surface area contributed by atoms with Crippen molar-refractivity contribution in [1.82, 2.24) is 19.7 Å². The first-order valence-corrected chi connectivity index (χ1v) is 9.66. The fourth-order valence-corrected chi connectivity index (χ4v) is 3.22. The lowest BCUT2D eigenvalue weighted by Gasteiger charge is -2.24. The molecule has 2 aromatic carbocycles. The van der Waals surface area contributed by atoms with Gasteiger partial charge in [-0.25, -0.2) is 9.37 Å². The van der Waals surface area contributed by atoms with Crippen LogP contribution in [0.4, 0.5) is 39.0 Å². The second-order valence-electron chi connectivity index (χ2n) is 7.21. The van der Waals surface area contributed by atoms with Crippen LogP contribution in [0, 0.1) is 12.7 Å². The molecule has 0 atom stereocenters. The van der Waals surface area contributed by atoms with Gasteiger partial charge in [-0.05, 0) is 55.0 Å². The normalized spacial score (nSPS) is 10.7. The molecular weight excluding hydrogens is 411 g/mol. The Morgan fingerprint density at radius 3 is 2.50 bits per heavy atom. The van der Waals surface area contributed by atoms with E-state index in [1.54, 1.807) is 21.7 Å². The van der Waals surface area contributed by atoms with Crippen molar-refractivity contribution in [1.29, 1.82) is 0 Å². The lowest BCUT2D eigenvalue weighted by Crippen LogP contribution is -2.17. The summed E-state index contributed by atoms with van der Waals surface area (Å²) in [5.74, 6) is -0.710. The van der Waals surface area contributed by atoms with Crippen LogP contribution in [0.1, 0.15) is 15.9 Å². The predicted molar refractivity (Wildman–Crippen MR) is 121 cm³/mol. The van der Waals surface area contributed by atoms with Crippen LogP contribution in [0.25, 0.3) is 0 Å². The average Bonchev–Trinajstić information content (AvgIpc) is 3.16. The highest BCUT2D eigenvalue weighted by Gasteiger charge is 2.19. The number of rotatable bonds is 6. The molecule has 0 aliphatic carbocycles. The van der Waals surface area contributed by atoms with Gasteiger partial charge in [-0.2, -0.15) is 10.1 Å². The fourth-order valence-electron chi connectivity index (χ4n) is 3.22. The summed E-state index contributed by atoms with van der Waals surface area (Å²) >= 11 is 0. The Bertz CT molecular complexity index is 1290. The minimum atomic E-state index is -0.717. The van der Waals surface area contributed by atoms with Gasteiger partial charge in [0.1, 0.15) is 0 Å². The van der Waals surface area contributed by atoms with Crippen molar-refractivity contribution < 1.29 is 9.18 Å². The Morgan fingerprint density at radius 1 is 1.12 bits per heavy atom. The van der Waals surface area contributed by atoms with Crippen LogP contribution in [0.2, 0.25) is 0 Å². The molecule has 9 nitrogen and oxygen atoms in total. The highest BCUT2D eigenvalue weighted by molar-refractivity contribution is 5.94. The van der Waals surface area contributed by atoms with Gasteiger partial charge in [-0.1, -0.05) is 0 Å². The predicted octanol–water partition coefficient (Wildman–Crippen LogP) is 3.55. The van der Waals surface area contributed by atoms with Crippen molar-refractivity contribution in [2.24, 2.45) is 12.8 Å². The third-order valence-electron chi connectivity index (χ3n) is 4.67. The summed E-state index contributed by atoms with van der Waals surface area (Å²) < 4.78 is 15.4. The number of hydrogen-bond donors (Lipinski definition) is 3. The first kappa shape index (κ1) is 20.8. The van der Waals surface area contributed by atoms with Gasteiger partial charge in [0.25, 0.3) is 0 Å². The van der Waals surface area contributed by atoms with Crippen LogP contribution >= 0.6 is 0 Å². The molecule has 0 aliphatic rings. The van der Waals surface area contributed by atoms with Gasteiger partial charge in [0, 0.05) is 36.2 Å². The van der Waals surface area contributed by atoms with Crippen LogP contribution in [0.5, 0.6) is 0 Å². The number of aryl methyl sites for hydroxylation is 2. The van der Waals surface area contributed by atoms with Crippen molar-refractivity contribution in [3.8, 4) is 0 Å². The zero-order chi connectivity index (χ0) is 22.8. The van der Waals surface area contributed by atoms with Gasteiger partial charge >= 0.3 is 0 Å². The summed E-state index contributed by atoms with van der Waals surface area (Å²) in [4.78, 5) is 21.7. The van der Waals surface area contributed by atoms with Crippen LogP contribution in [-0.2, 0) is 7.05 Å². The molecule has 0 unspecified atom stereocenters. The molecule has 0 fully saturated rings. The van der Waals surface area contributed by atoms with Gasteiger partial charge < -0.3 is 16.8 Å². The number of benzene rings is 2. The molecule has 1 amide bonds. The van der Waals surface area contributed by atoms with E-state index in [1.807, 2.05) is 56.6 Å². The van der Waals surface area contributed by atoms with E-state index < -0.39 is 11.7 Å². The lowest BCUT2D eigenvalue weighted by molar-refractivity contribution is 0.1000. The Morgan fingerprint density at radius 2 is 1.88 bits per heavy atom. The number of amides is 1. The number of nitrogen functional groups attached to an aromatic ring is 1. The molecule has 4 rings (SSSR count). The maximum absolute atomic E-state index is 13.7. The van der Waals surface area contributed by atoms with E-state index in [-0.39, 0.29) is 11.8 Å². The molecule has 5 N–H and O–H groups in total. The smallest absolute Gasteiger partial charge is 0.248 e. The minimum Gasteiger partial charge on any atom is -0.381 e. The number of hydrogen-bond acceptors (Lipinski definition) is 7. The number of primary amides is 1. The van der Waals surface area contributed by atoms with E-state index in [0.29, 0.717) is 22.8 Å². The number of anilines is 6. The Balaban J connectivity index is 1.77. The standard InChI is InChI=1S/C22H21FN8O/c1-13-9-14(21(25)32)11-17(10-13)31(22-26-12-18(23)20(24)28-22)16-5-3-15(4-6-16)27-19-7-8-30(2)29-19/h3-12H,1-2H3,(H2,25,32)(H,27,29)(H2,24,26,28). The summed E-state index contributed by atoms with van der Waals surface area (Å²) in [5.41, 5.74) is 14.4. The summed E-state index contributed by atoms with van der Waals surface area (Å²) in [6, 6.07) is 14.4. The number of nitrogens with one attached hydrogen (secondary N) is 1. The molecule has 0 radical (unpaired) electrons. The van der Waals surface area contributed by atoms with Crippen molar-refractivity contribution in [2.45, 2.75) is 6.92 Å². The van der Waals surface area contributed by atoms with Crippen LogP contribution < -0.4 is 21.7 Å². The Labute approximate surface area is 183 Å². The van der Waals surface area contributed by atoms with Crippen molar-refractivity contribution in [2.75, 3.05) is 16.0 Å². The van der Waals surface area contributed by atoms with Gasteiger partial charge in [-0.15, -0.1) is 0 Å². The maximum Gasteiger partial charge on any atom is 0.248 e. The fraction of sp³-hybridized carbons (Fsp3) is 0.0909. The van der Waals surface area contributed by atoms with Crippen molar-refractivity contribution in [3.05, 3.63) is 77.9 Å². The number of halogens is 1. The average molecular weight is 432 g/mol. The first-order valence-electron chi connectivity index (χ1n) is 9.66. The van der Waals surface area contributed by atoms with Crippen LogP contribution in [0.3, 0.4) is 0 Å². The molecule has 0 saturated heterocycles. The number of nitrogens with two attached hydrogens (primary N) is 2. The Hall–Kier alpha value is -4.47. The molecule has 2 heterocycles.